The number of hydrogen-bond acceptors (Lipinski definition) is 5. The average Bonchev–Trinajstić information content (AvgIpc) is 3.28. The van der Waals surface area contributed by atoms with Crippen molar-refractivity contribution in [3.8, 4) is 10.6 Å². The maximum absolute atomic E-state index is 13.9. The third-order valence-electron chi connectivity index (χ3n) is 4.58. The second-order valence-electron chi connectivity index (χ2n) is 6.78. The van der Waals surface area contributed by atoms with Gasteiger partial charge in [0, 0.05) is 10.8 Å². The zero-order valence-electron chi connectivity index (χ0n) is 15.3. The second kappa shape index (κ2) is 6.88. The largest absolute Gasteiger partial charge is 0.465 e. The summed E-state index contributed by atoms with van der Waals surface area (Å²) in [6.07, 6.45) is -2.98. The summed E-state index contributed by atoms with van der Waals surface area (Å²) in [6, 6.07) is 4.68. The maximum atomic E-state index is 13.9. The van der Waals surface area contributed by atoms with Gasteiger partial charge in [-0.05, 0) is 44.9 Å². The Labute approximate surface area is 163 Å². The van der Waals surface area contributed by atoms with Gasteiger partial charge in [-0.25, -0.2) is 9.67 Å². The first-order chi connectivity index (χ1) is 13.3. The fourth-order valence-electron chi connectivity index (χ4n) is 3.20. The van der Waals surface area contributed by atoms with Crippen LogP contribution in [0.15, 0.2) is 18.2 Å². The molecule has 5 nitrogen and oxygen atoms in total. The molecule has 0 amide bonds. The summed E-state index contributed by atoms with van der Waals surface area (Å²) in [5, 5.41) is 4.34. The SMILES string of the molecule is CCOC(=O)Cn1nc(C2CC2)c2c(C(F)(F)F)cc(-c3ccc(C)s3)nc21. The minimum atomic E-state index is -4.55. The molecule has 28 heavy (non-hydrogen) atoms. The summed E-state index contributed by atoms with van der Waals surface area (Å²) in [7, 11) is 0. The summed E-state index contributed by atoms with van der Waals surface area (Å²) in [6.45, 7) is 3.47. The molecule has 0 unspecified atom stereocenters. The van der Waals surface area contributed by atoms with Gasteiger partial charge in [0.05, 0.1) is 33.8 Å². The lowest BCUT2D eigenvalue weighted by Crippen LogP contribution is -2.15. The number of aromatic nitrogens is 3. The van der Waals surface area contributed by atoms with Crippen LogP contribution < -0.4 is 0 Å². The maximum Gasteiger partial charge on any atom is 0.417 e. The lowest BCUT2D eigenvalue weighted by atomic mass is 10.1. The third-order valence-corrected chi connectivity index (χ3v) is 5.60. The molecule has 0 radical (unpaired) electrons. The summed E-state index contributed by atoms with van der Waals surface area (Å²) in [5.41, 5.74) is -0.0836. The van der Waals surface area contributed by atoms with Crippen LogP contribution in [0, 0.1) is 6.92 Å². The van der Waals surface area contributed by atoms with E-state index in [1.165, 1.54) is 16.0 Å². The Hall–Kier alpha value is -2.42. The minimum Gasteiger partial charge on any atom is -0.465 e. The van der Waals surface area contributed by atoms with Crippen molar-refractivity contribution < 1.29 is 22.7 Å². The average molecular weight is 409 g/mol. The fourth-order valence-corrected chi connectivity index (χ4v) is 4.03. The van der Waals surface area contributed by atoms with Crippen LogP contribution in [0.4, 0.5) is 13.2 Å². The number of carbonyl (C=O) groups is 1. The highest BCUT2D eigenvalue weighted by molar-refractivity contribution is 7.15. The minimum absolute atomic E-state index is 0.00340. The van der Waals surface area contributed by atoms with Crippen LogP contribution in [-0.4, -0.2) is 27.3 Å². The van der Waals surface area contributed by atoms with Crippen molar-refractivity contribution >= 4 is 28.3 Å². The predicted molar refractivity (Wildman–Crippen MR) is 99.2 cm³/mol. The van der Waals surface area contributed by atoms with Crippen molar-refractivity contribution in [3.05, 3.63) is 34.3 Å². The van der Waals surface area contributed by atoms with E-state index >= 15 is 0 Å². The molecular weight excluding hydrogens is 391 g/mol. The summed E-state index contributed by atoms with van der Waals surface area (Å²) < 4.78 is 48.0. The highest BCUT2D eigenvalue weighted by Gasteiger charge is 2.39. The molecule has 0 saturated heterocycles. The molecule has 3 aromatic rings. The molecule has 1 aliphatic carbocycles. The van der Waals surface area contributed by atoms with E-state index in [9.17, 15) is 18.0 Å². The molecule has 1 saturated carbocycles. The second-order valence-corrected chi connectivity index (χ2v) is 8.07. The molecule has 0 aliphatic heterocycles. The van der Waals surface area contributed by atoms with Crippen LogP contribution in [0.5, 0.6) is 0 Å². The first-order valence-corrected chi connectivity index (χ1v) is 9.80. The summed E-state index contributed by atoms with van der Waals surface area (Å²) >= 11 is 1.37. The smallest absolute Gasteiger partial charge is 0.417 e. The van der Waals surface area contributed by atoms with Gasteiger partial charge < -0.3 is 4.74 Å². The van der Waals surface area contributed by atoms with Crippen LogP contribution in [0.2, 0.25) is 0 Å². The number of aryl methyl sites for hydroxylation is 1. The monoisotopic (exact) mass is 409 g/mol. The van der Waals surface area contributed by atoms with E-state index in [4.69, 9.17) is 4.74 Å². The molecule has 0 N–H and O–H groups in total. The van der Waals surface area contributed by atoms with Crippen LogP contribution in [0.3, 0.4) is 0 Å². The van der Waals surface area contributed by atoms with Crippen LogP contribution >= 0.6 is 11.3 Å². The van der Waals surface area contributed by atoms with Gasteiger partial charge in [0.15, 0.2) is 5.65 Å². The number of rotatable bonds is 5. The van der Waals surface area contributed by atoms with E-state index in [1.54, 1.807) is 13.0 Å². The van der Waals surface area contributed by atoms with E-state index in [2.05, 4.69) is 10.1 Å². The highest BCUT2D eigenvalue weighted by Crippen LogP contribution is 2.46. The van der Waals surface area contributed by atoms with Gasteiger partial charge >= 0.3 is 12.1 Å². The van der Waals surface area contributed by atoms with Gasteiger partial charge in [-0.2, -0.15) is 18.3 Å². The van der Waals surface area contributed by atoms with E-state index in [-0.39, 0.29) is 35.8 Å². The number of thiophene rings is 1. The number of esters is 1. The standard InChI is InChI=1S/C19H18F3N3O2S/c1-3-27-15(26)9-25-18-16(17(24-25)11-5-6-11)12(19(20,21)22)8-13(23-18)14-7-4-10(2)28-14/h4,7-8,11H,3,5-6,9H2,1-2H3. The number of ether oxygens (including phenoxy) is 1. The van der Waals surface area contributed by atoms with Crippen LogP contribution in [0.25, 0.3) is 21.6 Å². The number of hydrogen-bond donors (Lipinski definition) is 0. The Kier molecular flexibility index (Phi) is 4.65. The number of alkyl halides is 3. The van der Waals surface area contributed by atoms with Crippen molar-refractivity contribution in [2.24, 2.45) is 0 Å². The van der Waals surface area contributed by atoms with Crippen molar-refractivity contribution in [1.29, 1.82) is 0 Å². The Morgan fingerprint density at radius 2 is 2.11 bits per heavy atom. The highest BCUT2D eigenvalue weighted by atomic mass is 32.1. The molecule has 3 aromatic heterocycles. The van der Waals surface area contributed by atoms with E-state index in [0.717, 1.165) is 23.8 Å². The van der Waals surface area contributed by atoms with Gasteiger partial charge in [0.1, 0.15) is 6.54 Å². The fraction of sp³-hybridized carbons (Fsp3) is 0.421. The van der Waals surface area contributed by atoms with Gasteiger partial charge in [-0.1, -0.05) is 0 Å². The molecule has 0 atom stereocenters. The molecule has 9 heteroatoms. The third kappa shape index (κ3) is 3.50. The van der Waals surface area contributed by atoms with E-state index < -0.39 is 17.7 Å². The number of fused-ring (bicyclic) bond motifs is 1. The van der Waals surface area contributed by atoms with E-state index in [0.29, 0.717) is 10.6 Å². The zero-order chi connectivity index (χ0) is 20.1. The normalized spacial score (nSPS) is 14.6. The van der Waals surface area contributed by atoms with E-state index in [1.807, 2.05) is 13.0 Å². The number of nitrogens with zero attached hydrogens (tertiary/aromatic N) is 3. The van der Waals surface area contributed by atoms with Gasteiger partial charge in [0.25, 0.3) is 0 Å². The molecule has 0 aromatic carbocycles. The molecule has 3 heterocycles. The molecule has 0 bridgehead atoms. The quantitative estimate of drug-likeness (QED) is 0.561. The molecule has 148 valence electrons. The predicted octanol–water partition coefficient (Wildman–Crippen LogP) is 4.93. The topological polar surface area (TPSA) is 57.0 Å². The van der Waals surface area contributed by atoms with Crippen molar-refractivity contribution in [1.82, 2.24) is 14.8 Å². The molecular formula is C19H18F3N3O2S. The van der Waals surface area contributed by atoms with Crippen molar-refractivity contribution in [2.75, 3.05) is 6.61 Å². The van der Waals surface area contributed by atoms with Crippen molar-refractivity contribution in [2.45, 2.75) is 45.3 Å². The number of pyridine rings is 1. The molecule has 4 rings (SSSR count). The lowest BCUT2D eigenvalue weighted by molar-refractivity contribution is -0.144. The van der Waals surface area contributed by atoms with Crippen molar-refractivity contribution in [3.63, 3.8) is 0 Å². The number of carbonyl (C=O) groups excluding carboxylic acids is 1. The van der Waals surface area contributed by atoms with Gasteiger partial charge in [-0.15, -0.1) is 11.3 Å². The van der Waals surface area contributed by atoms with Crippen LogP contribution in [-0.2, 0) is 22.3 Å². The first kappa shape index (κ1) is 18.9. The Balaban J connectivity index is 1.95. The Bertz CT molecular complexity index is 1050. The summed E-state index contributed by atoms with van der Waals surface area (Å²) in [5.74, 6) is -0.578. The summed E-state index contributed by atoms with van der Waals surface area (Å²) in [4.78, 5) is 18.1. The van der Waals surface area contributed by atoms with Gasteiger partial charge in [0.2, 0.25) is 0 Å². The number of halogens is 3. The lowest BCUT2D eigenvalue weighted by Gasteiger charge is -2.11. The Morgan fingerprint density at radius 1 is 1.36 bits per heavy atom. The van der Waals surface area contributed by atoms with Crippen LogP contribution in [0.1, 0.15) is 41.8 Å². The molecule has 0 spiro atoms. The first-order valence-electron chi connectivity index (χ1n) is 8.99. The zero-order valence-corrected chi connectivity index (χ0v) is 16.2. The molecule has 1 fully saturated rings. The van der Waals surface area contributed by atoms with Gasteiger partial charge in [-0.3, -0.25) is 4.79 Å². The molecule has 1 aliphatic rings. The Morgan fingerprint density at radius 3 is 2.68 bits per heavy atom.